The summed E-state index contributed by atoms with van der Waals surface area (Å²) in [6.07, 6.45) is 0. The number of nitrogens with two attached hydrogens (primary N) is 1. The lowest BCUT2D eigenvalue weighted by atomic mass is 10.2. The molecule has 4 N–H and O–H groups in total. The van der Waals surface area contributed by atoms with Crippen LogP contribution in [0, 0.1) is 11.8 Å². The van der Waals surface area contributed by atoms with Crippen LogP contribution >= 0.6 is 0 Å². The molecule has 1 fully saturated rings. The number of rotatable bonds is 7. The van der Waals surface area contributed by atoms with Crippen LogP contribution in [-0.2, 0) is 7.05 Å². The maximum atomic E-state index is 13.2. The molecule has 1 aromatic carbocycles. The maximum Gasteiger partial charge on any atom is 0.335 e. The lowest BCUT2D eigenvalue weighted by Crippen LogP contribution is -2.49. The van der Waals surface area contributed by atoms with E-state index in [1.54, 1.807) is 14.0 Å². The second-order valence-electron chi connectivity index (χ2n) is 7.06. The van der Waals surface area contributed by atoms with Crippen molar-refractivity contribution in [2.75, 3.05) is 50.0 Å². The van der Waals surface area contributed by atoms with Gasteiger partial charge in [-0.15, -0.1) is 5.92 Å². The Morgan fingerprint density at radius 2 is 2.00 bits per heavy atom. The number of ether oxygens (including phenoxy) is 1. The average Bonchev–Trinajstić information content (AvgIpc) is 2.76. The van der Waals surface area contributed by atoms with E-state index in [9.17, 15) is 9.59 Å². The van der Waals surface area contributed by atoms with E-state index in [1.165, 1.54) is 28.8 Å². The van der Waals surface area contributed by atoms with Gasteiger partial charge in [-0.2, -0.15) is 4.98 Å². The molecule has 3 rings (SSSR count). The molecule has 0 unspecified atom stereocenters. The van der Waals surface area contributed by atoms with Crippen molar-refractivity contribution in [1.29, 1.82) is 0 Å². The van der Waals surface area contributed by atoms with Crippen molar-refractivity contribution < 1.29 is 14.6 Å². The highest BCUT2D eigenvalue weighted by molar-refractivity contribution is 5.87. The van der Waals surface area contributed by atoms with Crippen LogP contribution in [0.25, 0.3) is 0 Å². The van der Waals surface area contributed by atoms with Crippen LogP contribution in [0.2, 0.25) is 0 Å². The van der Waals surface area contributed by atoms with Crippen LogP contribution in [0.15, 0.2) is 29.1 Å². The molecule has 1 saturated heterocycles. The van der Waals surface area contributed by atoms with E-state index in [2.05, 4.69) is 27.0 Å². The number of hydrogen-bond acceptors (Lipinski definition) is 8. The molecule has 1 aromatic heterocycles. The molecule has 10 nitrogen and oxygen atoms in total. The Kier molecular flexibility index (Phi) is 7.12. The molecule has 2 heterocycles. The molecule has 0 radical (unpaired) electrons. The Morgan fingerprint density at radius 3 is 2.61 bits per heavy atom. The van der Waals surface area contributed by atoms with Crippen molar-refractivity contribution in [2.24, 2.45) is 7.05 Å². The van der Waals surface area contributed by atoms with Crippen molar-refractivity contribution in [1.82, 2.24) is 19.8 Å². The molecule has 0 atom stereocenters. The predicted molar refractivity (Wildman–Crippen MR) is 117 cm³/mol. The fourth-order valence-electron chi connectivity index (χ4n) is 3.21. The van der Waals surface area contributed by atoms with Gasteiger partial charge in [0, 0.05) is 33.2 Å². The highest BCUT2D eigenvalue weighted by Gasteiger charge is 2.22. The third kappa shape index (κ3) is 5.33. The molecule has 1 aliphatic rings. The monoisotopic (exact) mass is 426 g/mol. The fourth-order valence-corrected chi connectivity index (χ4v) is 3.21. The van der Waals surface area contributed by atoms with Crippen molar-refractivity contribution in [3.63, 3.8) is 0 Å². The number of carboxylic acids is 1. The first-order valence-corrected chi connectivity index (χ1v) is 9.86. The van der Waals surface area contributed by atoms with Crippen molar-refractivity contribution in [2.45, 2.75) is 6.92 Å². The van der Waals surface area contributed by atoms with Gasteiger partial charge in [-0.05, 0) is 31.2 Å². The number of hydrogen-bond donors (Lipinski definition) is 3. The molecule has 0 spiro atoms. The topological polar surface area (TPSA) is 126 Å². The van der Waals surface area contributed by atoms with Gasteiger partial charge in [0.2, 0.25) is 0 Å². The van der Waals surface area contributed by atoms with Gasteiger partial charge in [0.15, 0.2) is 5.82 Å². The third-order valence-corrected chi connectivity index (χ3v) is 4.91. The summed E-state index contributed by atoms with van der Waals surface area (Å²) in [5.41, 5.74) is 6.24. The number of piperazine rings is 1. The number of anilines is 2. The largest absolute Gasteiger partial charge is 0.478 e. The van der Waals surface area contributed by atoms with E-state index >= 15 is 0 Å². The molecular formula is C21H26N6O4. The zero-order valence-electron chi connectivity index (χ0n) is 17.6. The zero-order valence-corrected chi connectivity index (χ0v) is 17.6. The van der Waals surface area contributed by atoms with Gasteiger partial charge < -0.3 is 25.8 Å². The van der Waals surface area contributed by atoms with Gasteiger partial charge in [0.25, 0.3) is 5.56 Å². The number of nitrogens with one attached hydrogen (secondary N) is 1. The Balaban J connectivity index is 1.89. The number of aromatic carboxylic acids is 1. The van der Waals surface area contributed by atoms with Crippen LogP contribution in [0.4, 0.5) is 11.5 Å². The molecule has 1 aliphatic heterocycles. The Bertz CT molecular complexity index is 1050. The van der Waals surface area contributed by atoms with E-state index in [0.29, 0.717) is 19.0 Å². The molecule has 31 heavy (non-hydrogen) atoms. The van der Waals surface area contributed by atoms with Crippen LogP contribution in [0.1, 0.15) is 17.3 Å². The zero-order chi connectivity index (χ0) is 22.4. The summed E-state index contributed by atoms with van der Waals surface area (Å²) in [5, 5.41) is 12.3. The molecule has 0 saturated carbocycles. The number of carboxylic acid groups (broad SMARTS) is 1. The van der Waals surface area contributed by atoms with Crippen LogP contribution < -0.4 is 26.2 Å². The minimum Gasteiger partial charge on any atom is -0.478 e. The first-order valence-electron chi connectivity index (χ1n) is 9.86. The van der Waals surface area contributed by atoms with Crippen LogP contribution in [0.3, 0.4) is 0 Å². The first-order chi connectivity index (χ1) is 14.9. The second kappa shape index (κ2) is 9.97. The number of carbonyl (C=O) groups is 1. The van der Waals surface area contributed by atoms with E-state index in [4.69, 9.17) is 15.6 Å². The number of benzene rings is 1. The summed E-state index contributed by atoms with van der Waals surface area (Å²) >= 11 is 0. The SMILES string of the molecule is CC#CCN(CN1CCNCC1)c1c(N)nc(Oc2ccc(C(=O)O)cc2)n(C)c1=O. The summed E-state index contributed by atoms with van der Waals surface area (Å²) in [7, 11) is 1.55. The molecular weight excluding hydrogens is 400 g/mol. The van der Waals surface area contributed by atoms with E-state index in [-0.39, 0.29) is 28.6 Å². The predicted octanol–water partition coefficient (Wildman–Crippen LogP) is 0.545. The van der Waals surface area contributed by atoms with Crippen molar-refractivity contribution in [3.05, 3.63) is 40.2 Å². The third-order valence-electron chi connectivity index (χ3n) is 4.91. The Hall–Kier alpha value is -3.55. The maximum absolute atomic E-state index is 13.2. The highest BCUT2D eigenvalue weighted by atomic mass is 16.5. The van der Waals surface area contributed by atoms with Gasteiger partial charge in [-0.3, -0.25) is 14.3 Å². The van der Waals surface area contributed by atoms with Crippen LogP contribution in [-0.4, -0.2) is 64.9 Å². The van der Waals surface area contributed by atoms with Gasteiger partial charge in [-0.25, -0.2) is 4.79 Å². The van der Waals surface area contributed by atoms with Gasteiger partial charge in [0.05, 0.1) is 18.8 Å². The summed E-state index contributed by atoms with van der Waals surface area (Å²) in [4.78, 5) is 32.5. The number of nitrogens with zero attached hydrogens (tertiary/aromatic N) is 4. The first kappa shape index (κ1) is 22.1. The van der Waals surface area contributed by atoms with E-state index < -0.39 is 5.97 Å². The molecule has 164 valence electrons. The quantitative estimate of drug-likeness (QED) is 0.544. The molecule has 2 aromatic rings. The fraction of sp³-hybridized carbons (Fsp3) is 0.381. The molecule has 0 bridgehead atoms. The highest BCUT2D eigenvalue weighted by Crippen LogP contribution is 2.24. The normalized spacial score (nSPS) is 13.9. The molecule has 0 aliphatic carbocycles. The lowest BCUT2D eigenvalue weighted by Gasteiger charge is -2.33. The smallest absolute Gasteiger partial charge is 0.335 e. The number of nitrogen functional groups attached to an aromatic ring is 1. The van der Waals surface area contributed by atoms with Gasteiger partial charge in [-0.1, -0.05) is 5.92 Å². The summed E-state index contributed by atoms with van der Waals surface area (Å²) in [6, 6.07) is 5.82. The van der Waals surface area contributed by atoms with E-state index in [0.717, 1.165) is 26.2 Å². The van der Waals surface area contributed by atoms with Crippen LogP contribution in [0.5, 0.6) is 11.8 Å². The number of aromatic nitrogens is 2. The van der Waals surface area contributed by atoms with Gasteiger partial charge in [0.1, 0.15) is 11.4 Å². The second-order valence-corrected chi connectivity index (χ2v) is 7.06. The molecule has 10 heteroatoms. The Labute approximate surface area is 180 Å². The Morgan fingerprint density at radius 1 is 1.32 bits per heavy atom. The standard InChI is InChI=1S/C21H26N6O4/c1-3-4-11-27(14-26-12-9-23-10-13-26)17-18(22)24-21(25(2)19(17)28)31-16-7-5-15(6-8-16)20(29)30/h5-8,23H,9-14,22H2,1-2H3,(H,29,30). The lowest BCUT2D eigenvalue weighted by molar-refractivity contribution is 0.0697. The molecule has 0 amide bonds. The minimum atomic E-state index is -1.04. The summed E-state index contributed by atoms with van der Waals surface area (Å²) < 4.78 is 6.96. The van der Waals surface area contributed by atoms with E-state index in [1.807, 2.05) is 4.90 Å². The van der Waals surface area contributed by atoms with Crippen molar-refractivity contribution >= 4 is 17.5 Å². The minimum absolute atomic E-state index is 0.0121. The average molecular weight is 426 g/mol. The van der Waals surface area contributed by atoms with Crippen molar-refractivity contribution in [3.8, 4) is 23.6 Å². The summed E-state index contributed by atoms with van der Waals surface area (Å²) in [5.74, 6) is 5.21. The summed E-state index contributed by atoms with van der Waals surface area (Å²) in [6.45, 7) is 6.08. The van der Waals surface area contributed by atoms with Gasteiger partial charge >= 0.3 is 12.0 Å².